The molecule has 102 valence electrons. The van der Waals surface area contributed by atoms with Crippen molar-refractivity contribution in [2.24, 2.45) is 0 Å². The van der Waals surface area contributed by atoms with E-state index in [1.54, 1.807) is 13.1 Å². The number of aromatic nitrogens is 1. The molecular weight excluding hydrogens is 254 g/mol. The Morgan fingerprint density at radius 2 is 2.17 bits per heavy atom. The first-order valence-corrected chi connectivity index (χ1v) is 7.23. The Morgan fingerprint density at radius 3 is 2.67 bits per heavy atom. The SMILES string of the molecule is CCOC(C)CNS(=O)(=O)c1ccc(NC)nc1. The first-order chi connectivity index (χ1) is 8.49. The quantitative estimate of drug-likeness (QED) is 0.769. The molecule has 0 aromatic carbocycles. The topological polar surface area (TPSA) is 80.3 Å². The van der Waals surface area contributed by atoms with Crippen LogP contribution in [0.2, 0.25) is 0 Å². The van der Waals surface area contributed by atoms with Crippen LogP contribution in [0.3, 0.4) is 0 Å². The van der Waals surface area contributed by atoms with Crippen molar-refractivity contribution in [2.45, 2.75) is 24.8 Å². The third-order valence-corrected chi connectivity index (χ3v) is 3.72. The number of nitrogens with one attached hydrogen (secondary N) is 2. The Balaban J connectivity index is 2.67. The summed E-state index contributed by atoms with van der Waals surface area (Å²) in [5.74, 6) is 0.622. The van der Waals surface area contributed by atoms with Gasteiger partial charge in [0.05, 0.1) is 6.10 Å². The molecule has 1 aromatic heterocycles. The van der Waals surface area contributed by atoms with Crippen molar-refractivity contribution < 1.29 is 13.2 Å². The Hall–Kier alpha value is -1.18. The minimum absolute atomic E-state index is 0.144. The molecule has 0 aliphatic heterocycles. The third-order valence-electron chi connectivity index (χ3n) is 2.31. The lowest BCUT2D eigenvalue weighted by Gasteiger charge is -2.12. The van der Waals surface area contributed by atoms with Gasteiger partial charge in [0.25, 0.3) is 0 Å². The maximum absolute atomic E-state index is 11.9. The van der Waals surface area contributed by atoms with Crippen molar-refractivity contribution in [2.75, 3.05) is 25.5 Å². The van der Waals surface area contributed by atoms with Crippen LogP contribution in [0.4, 0.5) is 5.82 Å². The Labute approximate surface area is 108 Å². The monoisotopic (exact) mass is 273 g/mol. The lowest BCUT2D eigenvalue weighted by Crippen LogP contribution is -2.32. The number of hydrogen-bond donors (Lipinski definition) is 2. The van der Waals surface area contributed by atoms with E-state index < -0.39 is 10.0 Å². The lowest BCUT2D eigenvalue weighted by molar-refractivity contribution is 0.0799. The third kappa shape index (κ3) is 4.25. The molecule has 0 amide bonds. The normalized spacial score (nSPS) is 13.3. The number of nitrogens with zero attached hydrogens (tertiary/aromatic N) is 1. The molecule has 0 aliphatic rings. The van der Waals surface area contributed by atoms with Gasteiger partial charge in [-0.3, -0.25) is 0 Å². The van der Waals surface area contributed by atoms with E-state index >= 15 is 0 Å². The molecule has 0 aliphatic carbocycles. The van der Waals surface area contributed by atoms with Crippen molar-refractivity contribution in [1.29, 1.82) is 0 Å². The number of pyridine rings is 1. The van der Waals surface area contributed by atoms with Gasteiger partial charge in [0.15, 0.2) is 0 Å². The number of sulfonamides is 1. The summed E-state index contributed by atoms with van der Waals surface area (Å²) in [5, 5.41) is 2.83. The van der Waals surface area contributed by atoms with Crippen LogP contribution in [0.25, 0.3) is 0 Å². The summed E-state index contributed by atoms with van der Waals surface area (Å²) in [7, 11) is -1.80. The first-order valence-electron chi connectivity index (χ1n) is 5.74. The molecule has 1 heterocycles. The predicted molar refractivity (Wildman–Crippen MR) is 70.1 cm³/mol. The van der Waals surface area contributed by atoms with Crippen molar-refractivity contribution in [3.8, 4) is 0 Å². The van der Waals surface area contributed by atoms with Gasteiger partial charge in [-0.05, 0) is 26.0 Å². The van der Waals surface area contributed by atoms with Crippen molar-refractivity contribution in [3.63, 3.8) is 0 Å². The van der Waals surface area contributed by atoms with Gasteiger partial charge >= 0.3 is 0 Å². The molecule has 18 heavy (non-hydrogen) atoms. The van der Waals surface area contributed by atoms with Crippen LogP contribution in [0.15, 0.2) is 23.2 Å². The molecule has 1 atom stereocenters. The second-order valence-corrected chi connectivity index (χ2v) is 5.51. The van der Waals surface area contributed by atoms with Gasteiger partial charge in [-0.25, -0.2) is 18.1 Å². The highest BCUT2D eigenvalue weighted by atomic mass is 32.2. The first kappa shape index (κ1) is 14.9. The zero-order chi connectivity index (χ0) is 13.6. The average Bonchev–Trinajstić information content (AvgIpc) is 2.37. The molecule has 6 nitrogen and oxygen atoms in total. The van der Waals surface area contributed by atoms with Crippen molar-refractivity contribution in [3.05, 3.63) is 18.3 Å². The molecule has 1 rings (SSSR count). The number of ether oxygens (including phenoxy) is 1. The Morgan fingerprint density at radius 1 is 1.44 bits per heavy atom. The summed E-state index contributed by atoms with van der Waals surface area (Å²) in [5.41, 5.74) is 0. The molecule has 0 bridgehead atoms. The summed E-state index contributed by atoms with van der Waals surface area (Å²) in [6.45, 7) is 4.48. The van der Waals surface area contributed by atoms with Gasteiger partial charge < -0.3 is 10.1 Å². The smallest absolute Gasteiger partial charge is 0.242 e. The standard InChI is InChI=1S/C11H19N3O3S/c1-4-17-9(2)7-14-18(15,16)10-5-6-11(12-3)13-8-10/h5-6,8-9,14H,4,7H2,1-3H3,(H,12,13). The van der Waals surface area contributed by atoms with Gasteiger partial charge in [-0.15, -0.1) is 0 Å². The van der Waals surface area contributed by atoms with E-state index in [9.17, 15) is 8.42 Å². The van der Waals surface area contributed by atoms with E-state index in [-0.39, 0.29) is 17.5 Å². The highest BCUT2D eigenvalue weighted by Crippen LogP contribution is 2.10. The predicted octanol–water partition coefficient (Wildman–Crippen LogP) is 0.827. The minimum atomic E-state index is -3.52. The second-order valence-electron chi connectivity index (χ2n) is 3.75. The van der Waals surface area contributed by atoms with Gasteiger partial charge in [-0.2, -0.15) is 0 Å². The molecule has 2 N–H and O–H groups in total. The molecule has 1 aromatic rings. The zero-order valence-electron chi connectivity index (χ0n) is 10.8. The maximum atomic E-state index is 11.9. The molecule has 0 saturated carbocycles. The fourth-order valence-electron chi connectivity index (χ4n) is 1.34. The highest BCUT2D eigenvalue weighted by molar-refractivity contribution is 7.89. The van der Waals surface area contributed by atoms with Crippen LogP contribution in [0.1, 0.15) is 13.8 Å². The molecule has 0 spiro atoms. The largest absolute Gasteiger partial charge is 0.377 e. The number of anilines is 1. The van der Waals surface area contributed by atoms with Crippen molar-refractivity contribution in [1.82, 2.24) is 9.71 Å². The van der Waals surface area contributed by atoms with Crippen LogP contribution in [-0.2, 0) is 14.8 Å². The van der Waals surface area contributed by atoms with E-state index in [0.717, 1.165) is 0 Å². The van der Waals surface area contributed by atoms with Crippen LogP contribution >= 0.6 is 0 Å². The highest BCUT2D eigenvalue weighted by Gasteiger charge is 2.15. The van der Waals surface area contributed by atoms with E-state index in [1.807, 2.05) is 13.8 Å². The Kier molecular flexibility index (Phi) is 5.52. The number of rotatable bonds is 7. The average molecular weight is 273 g/mol. The Bertz CT molecular complexity index is 459. The molecule has 0 radical (unpaired) electrons. The fraction of sp³-hybridized carbons (Fsp3) is 0.545. The van der Waals surface area contributed by atoms with Gasteiger partial charge in [-0.1, -0.05) is 0 Å². The summed E-state index contributed by atoms with van der Waals surface area (Å²) in [6, 6.07) is 3.12. The molecule has 0 saturated heterocycles. The summed E-state index contributed by atoms with van der Waals surface area (Å²) >= 11 is 0. The van der Waals surface area contributed by atoms with E-state index in [1.165, 1.54) is 12.3 Å². The van der Waals surface area contributed by atoms with E-state index in [2.05, 4.69) is 15.0 Å². The number of hydrogen-bond acceptors (Lipinski definition) is 5. The molecule has 7 heteroatoms. The zero-order valence-corrected chi connectivity index (χ0v) is 11.6. The summed E-state index contributed by atoms with van der Waals surface area (Å²) in [4.78, 5) is 4.11. The second kappa shape index (κ2) is 6.67. The molecule has 1 unspecified atom stereocenters. The molecule has 0 fully saturated rings. The fourth-order valence-corrected chi connectivity index (χ4v) is 2.40. The van der Waals surface area contributed by atoms with E-state index in [0.29, 0.717) is 12.4 Å². The summed E-state index contributed by atoms with van der Waals surface area (Å²) in [6.07, 6.45) is 1.16. The van der Waals surface area contributed by atoms with Crippen LogP contribution in [-0.4, -0.2) is 39.7 Å². The maximum Gasteiger partial charge on any atom is 0.242 e. The van der Waals surface area contributed by atoms with Crippen LogP contribution in [0, 0.1) is 0 Å². The lowest BCUT2D eigenvalue weighted by atomic mass is 10.4. The molecular formula is C11H19N3O3S. The van der Waals surface area contributed by atoms with Gasteiger partial charge in [0.2, 0.25) is 10.0 Å². The summed E-state index contributed by atoms with van der Waals surface area (Å²) < 4.78 is 31.6. The van der Waals surface area contributed by atoms with Gasteiger partial charge in [0.1, 0.15) is 10.7 Å². The van der Waals surface area contributed by atoms with E-state index in [4.69, 9.17) is 4.74 Å². The minimum Gasteiger partial charge on any atom is -0.377 e. The van der Waals surface area contributed by atoms with Crippen LogP contribution in [0.5, 0.6) is 0 Å². The van der Waals surface area contributed by atoms with Crippen LogP contribution < -0.4 is 10.0 Å². The van der Waals surface area contributed by atoms with Crippen molar-refractivity contribution >= 4 is 15.8 Å². The van der Waals surface area contributed by atoms with Gasteiger partial charge in [0, 0.05) is 26.4 Å².